The molecule has 4 rings (SSSR count). The molecule has 5 heteroatoms. The maximum atomic E-state index is 5.86. The first-order valence-electron chi connectivity index (χ1n) is 8.72. The Morgan fingerprint density at radius 2 is 1.89 bits per heavy atom. The van der Waals surface area contributed by atoms with E-state index in [2.05, 4.69) is 25.9 Å². The lowest BCUT2D eigenvalue weighted by molar-refractivity contribution is 0.415. The summed E-state index contributed by atoms with van der Waals surface area (Å²) in [6, 6.07) is 21.4. The van der Waals surface area contributed by atoms with Gasteiger partial charge < -0.3 is 9.15 Å². The van der Waals surface area contributed by atoms with Gasteiger partial charge in [0, 0.05) is 16.3 Å². The monoisotopic (exact) mass is 432 g/mol. The highest BCUT2D eigenvalue weighted by Crippen LogP contribution is 2.28. The van der Waals surface area contributed by atoms with Crippen LogP contribution < -0.4 is 4.74 Å². The zero-order valence-corrected chi connectivity index (χ0v) is 16.8. The predicted molar refractivity (Wildman–Crippen MR) is 117 cm³/mol. The van der Waals surface area contributed by atoms with E-state index in [4.69, 9.17) is 9.15 Å². The molecule has 0 saturated heterocycles. The summed E-state index contributed by atoms with van der Waals surface area (Å²) in [5, 5.41) is 0. The Hall–Kier alpha value is -3.18. The maximum Gasteiger partial charge on any atom is 0.227 e. The molecule has 138 valence electrons. The molecule has 0 unspecified atom stereocenters. The van der Waals surface area contributed by atoms with E-state index in [1.54, 1.807) is 13.3 Å². The van der Waals surface area contributed by atoms with Crippen LogP contribution in [0.5, 0.6) is 5.75 Å². The first kappa shape index (κ1) is 18.2. The van der Waals surface area contributed by atoms with Crippen LogP contribution in [-0.4, -0.2) is 18.3 Å². The third-order valence-corrected chi connectivity index (χ3v) is 4.65. The number of hydrogen-bond acceptors (Lipinski definition) is 4. The lowest BCUT2D eigenvalue weighted by Gasteiger charge is -1.99. The van der Waals surface area contributed by atoms with Crippen molar-refractivity contribution in [3.63, 3.8) is 0 Å². The van der Waals surface area contributed by atoms with Gasteiger partial charge in [0.15, 0.2) is 5.58 Å². The van der Waals surface area contributed by atoms with Gasteiger partial charge in [-0.05, 0) is 66.2 Å². The number of nitrogens with zero attached hydrogens (tertiary/aromatic N) is 2. The van der Waals surface area contributed by atoms with Crippen LogP contribution in [0.1, 0.15) is 5.56 Å². The molecule has 0 amide bonds. The van der Waals surface area contributed by atoms with Crippen LogP contribution in [0.15, 0.2) is 86.7 Å². The number of aliphatic imine (C=N–C) groups is 1. The van der Waals surface area contributed by atoms with Gasteiger partial charge in [0.05, 0.1) is 12.8 Å². The van der Waals surface area contributed by atoms with Crippen LogP contribution in [-0.2, 0) is 0 Å². The number of halogens is 1. The molecule has 0 saturated carbocycles. The van der Waals surface area contributed by atoms with Gasteiger partial charge in [-0.25, -0.2) is 4.98 Å². The number of benzene rings is 3. The van der Waals surface area contributed by atoms with Crippen LogP contribution in [0, 0.1) is 0 Å². The molecule has 0 spiro atoms. The molecule has 0 aliphatic rings. The number of allylic oxidation sites excluding steroid dienone is 1. The summed E-state index contributed by atoms with van der Waals surface area (Å²) in [7, 11) is 1.64. The van der Waals surface area contributed by atoms with Gasteiger partial charge in [0.25, 0.3) is 0 Å². The zero-order valence-electron chi connectivity index (χ0n) is 15.2. The molecule has 4 aromatic rings. The highest BCUT2D eigenvalue weighted by molar-refractivity contribution is 9.10. The van der Waals surface area contributed by atoms with Crippen molar-refractivity contribution in [2.24, 2.45) is 4.99 Å². The molecule has 1 aromatic heterocycles. The van der Waals surface area contributed by atoms with Crippen molar-refractivity contribution in [3.8, 4) is 17.2 Å². The molecule has 0 radical (unpaired) electrons. The average Bonchev–Trinajstić information content (AvgIpc) is 3.15. The minimum absolute atomic E-state index is 0.577. The van der Waals surface area contributed by atoms with E-state index in [0.717, 1.165) is 38.1 Å². The lowest BCUT2D eigenvalue weighted by atomic mass is 10.2. The third kappa shape index (κ3) is 4.21. The molecule has 3 aromatic carbocycles. The first-order chi connectivity index (χ1) is 13.7. The molecule has 0 fully saturated rings. The number of aromatic nitrogens is 1. The summed E-state index contributed by atoms with van der Waals surface area (Å²) in [5.41, 5.74) is 4.34. The number of fused-ring (bicyclic) bond motifs is 1. The Kier molecular flexibility index (Phi) is 5.35. The van der Waals surface area contributed by atoms with Gasteiger partial charge in [0.1, 0.15) is 11.3 Å². The van der Waals surface area contributed by atoms with Crippen molar-refractivity contribution in [3.05, 3.63) is 82.8 Å². The third-order valence-electron chi connectivity index (χ3n) is 4.16. The van der Waals surface area contributed by atoms with E-state index < -0.39 is 0 Å². The van der Waals surface area contributed by atoms with Crippen LogP contribution in [0.3, 0.4) is 0 Å². The molecule has 28 heavy (non-hydrogen) atoms. The van der Waals surface area contributed by atoms with Gasteiger partial charge in [-0.3, -0.25) is 4.99 Å². The SMILES string of the molecule is COc1ccc(-c2nc3cc(N=C/C=C/c4cccc(Br)c4)ccc3o2)cc1. The highest BCUT2D eigenvalue weighted by Gasteiger charge is 2.08. The topological polar surface area (TPSA) is 47.6 Å². The quantitative estimate of drug-likeness (QED) is 0.330. The minimum Gasteiger partial charge on any atom is -0.497 e. The second-order valence-corrected chi connectivity index (χ2v) is 7.01. The number of oxazole rings is 1. The zero-order chi connectivity index (χ0) is 19.3. The normalized spacial score (nSPS) is 11.6. The molecule has 0 aliphatic carbocycles. The van der Waals surface area contributed by atoms with E-state index in [1.165, 1.54) is 0 Å². The fourth-order valence-electron chi connectivity index (χ4n) is 2.75. The molecular weight excluding hydrogens is 416 g/mol. The van der Waals surface area contributed by atoms with Crippen LogP contribution >= 0.6 is 15.9 Å². The number of hydrogen-bond donors (Lipinski definition) is 0. The first-order valence-corrected chi connectivity index (χ1v) is 9.52. The van der Waals surface area contributed by atoms with Crippen molar-refractivity contribution in [2.75, 3.05) is 7.11 Å². The molecular formula is C23H17BrN2O2. The summed E-state index contributed by atoms with van der Waals surface area (Å²) in [4.78, 5) is 9.06. The fraction of sp³-hybridized carbons (Fsp3) is 0.0435. The number of rotatable bonds is 5. The fourth-order valence-corrected chi connectivity index (χ4v) is 3.16. The Labute approximate surface area is 171 Å². The van der Waals surface area contributed by atoms with Gasteiger partial charge in [-0.15, -0.1) is 0 Å². The standard InChI is InChI=1S/C23H17BrN2O2/c1-27-20-10-7-17(8-11-20)23-26-21-15-19(9-12-22(21)28-23)25-13-3-5-16-4-2-6-18(24)14-16/h2-15H,1H3/b5-3+,25-13?. The summed E-state index contributed by atoms with van der Waals surface area (Å²) in [6.07, 6.45) is 5.69. The summed E-state index contributed by atoms with van der Waals surface area (Å²) in [6.45, 7) is 0. The average molecular weight is 433 g/mol. The summed E-state index contributed by atoms with van der Waals surface area (Å²) >= 11 is 3.47. The molecule has 4 nitrogen and oxygen atoms in total. The highest BCUT2D eigenvalue weighted by atomic mass is 79.9. The van der Waals surface area contributed by atoms with Crippen molar-refractivity contribution in [1.29, 1.82) is 0 Å². The lowest BCUT2D eigenvalue weighted by Crippen LogP contribution is -1.82. The van der Waals surface area contributed by atoms with Crippen molar-refractivity contribution in [1.82, 2.24) is 4.98 Å². The van der Waals surface area contributed by atoms with Crippen LogP contribution in [0.2, 0.25) is 0 Å². The predicted octanol–water partition coefficient (Wildman–Crippen LogP) is 6.68. The molecule has 0 N–H and O–H groups in total. The van der Waals surface area contributed by atoms with Crippen molar-refractivity contribution in [2.45, 2.75) is 0 Å². The smallest absolute Gasteiger partial charge is 0.227 e. The second kappa shape index (κ2) is 8.23. The van der Waals surface area contributed by atoms with E-state index >= 15 is 0 Å². The van der Waals surface area contributed by atoms with Gasteiger partial charge >= 0.3 is 0 Å². The van der Waals surface area contributed by atoms with Crippen LogP contribution in [0.4, 0.5) is 5.69 Å². The number of methoxy groups -OCH3 is 1. The molecule has 0 atom stereocenters. The minimum atomic E-state index is 0.577. The maximum absolute atomic E-state index is 5.86. The van der Waals surface area contributed by atoms with E-state index in [9.17, 15) is 0 Å². The number of ether oxygens (including phenoxy) is 1. The molecule has 0 bridgehead atoms. The largest absolute Gasteiger partial charge is 0.497 e. The second-order valence-electron chi connectivity index (χ2n) is 6.09. The summed E-state index contributed by atoms with van der Waals surface area (Å²) < 4.78 is 12.1. The summed E-state index contributed by atoms with van der Waals surface area (Å²) in [5.74, 6) is 1.38. The Morgan fingerprint density at radius 3 is 2.68 bits per heavy atom. The molecule has 0 aliphatic heterocycles. The van der Waals surface area contributed by atoms with Crippen LogP contribution in [0.25, 0.3) is 28.6 Å². The Bertz CT molecular complexity index is 1160. The van der Waals surface area contributed by atoms with E-state index in [-0.39, 0.29) is 0 Å². The van der Waals surface area contributed by atoms with Gasteiger partial charge in [-0.2, -0.15) is 0 Å². The van der Waals surface area contributed by atoms with Crippen molar-refractivity contribution < 1.29 is 9.15 Å². The van der Waals surface area contributed by atoms with Gasteiger partial charge in [0.2, 0.25) is 5.89 Å². The van der Waals surface area contributed by atoms with E-state index in [1.807, 2.05) is 78.9 Å². The van der Waals surface area contributed by atoms with Gasteiger partial charge in [-0.1, -0.05) is 34.1 Å². The Morgan fingerprint density at radius 1 is 1.04 bits per heavy atom. The molecule has 1 heterocycles. The Balaban J connectivity index is 1.52. The van der Waals surface area contributed by atoms with E-state index in [0.29, 0.717) is 5.89 Å². The van der Waals surface area contributed by atoms with Crippen molar-refractivity contribution >= 4 is 45.0 Å².